The summed E-state index contributed by atoms with van der Waals surface area (Å²) in [6.45, 7) is 1.35. The third-order valence-electron chi connectivity index (χ3n) is 7.15. The Morgan fingerprint density at radius 3 is 2.60 bits per heavy atom. The molecule has 1 aromatic heterocycles. The normalized spacial score (nSPS) is 20.2. The first-order valence-corrected chi connectivity index (χ1v) is 14.4. The SMILES string of the molecule is C[C@@H](CO)NC(=O)C[C@H]1CC=CC[C@@H](NC(=O)OCc2ccccc2)C(=O)OC[C@H](Cc2c[nH]c3ccccc23)NC1=O. The first-order chi connectivity index (χ1) is 20.8. The molecule has 1 aliphatic heterocycles. The number of fused-ring (bicyclic) bond motifs is 1. The van der Waals surface area contributed by atoms with Crippen LogP contribution in [0.2, 0.25) is 0 Å². The summed E-state index contributed by atoms with van der Waals surface area (Å²) in [5, 5.41) is 18.5. The van der Waals surface area contributed by atoms with Gasteiger partial charge in [-0.2, -0.15) is 0 Å². The Balaban J connectivity index is 1.50. The van der Waals surface area contributed by atoms with E-state index in [4.69, 9.17) is 9.47 Å². The summed E-state index contributed by atoms with van der Waals surface area (Å²) in [5.74, 6) is -2.07. The molecule has 0 saturated heterocycles. The van der Waals surface area contributed by atoms with Crippen LogP contribution in [0.1, 0.15) is 37.3 Å². The molecule has 43 heavy (non-hydrogen) atoms. The van der Waals surface area contributed by atoms with E-state index < -0.39 is 36.1 Å². The lowest BCUT2D eigenvalue weighted by molar-refractivity contribution is -0.147. The highest BCUT2D eigenvalue weighted by molar-refractivity contribution is 5.87. The zero-order chi connectivity index (χ0) is 30.6. The van der Waals surface area contributed by atoms with E-state index in [9.17, 15) is 24.3 Å². The van der Waals surface area contributed by atoms with E-state index in [1.165, 1.54) is 0 Å². The van der Waals surface area contributed by atoms with Gasteiger partial charge in [0.05, 0.1) is 18.6 Å². The number of hydrogen-bond acceptors (Lipinski definition) is 7. The van der Waals surface area contributed by atoms with Crippen molar-refractivity contribution in [3.8, 4) is 0 Å². The lowest BCUT2D eigenvalue weighted by Crippen LogP contribution is -2.47. The van der Waals surface area contributed by atoms with Crippen molar-refractivity contribution >= 4 is 34.8 Å². The van der Waals surface area contributed by atoms with Gasteiger partial charge in [0.15, 0.2) is 0 Å². The highest BCUT2D eigenvalue weighted by Gasteiger charge is 2.28. The van der Waals surface area contributed by atoms with Crippen LogP contribution in [0.15, 0.2) is 72.9 Å². The Hall–Kier alpha value is -4.64. The van der Waals surface area contributed by atoms with Crippen molar-refractivity contribution in [2.75, 3.05) is 13.2 Å². The minimum absolute atomic E-state index is 0.0433. The molecule has 228 valence electrons. The van der Waals surface area contributed by atoms with Crippen LogP contribution in [0, 0.1) is 5.92 Å². The van der Waals surface area contributed by atoms with Gasteiger partial charge in [0.25, 0.3) is 0 Å². The van der Waals surface area contributed by atoms with Crippen LogP contribution in [0.5, 0.6) is 0 Å². The fourth-order valence-electron chi connectivity index (χ4n) is 4.82. The summed E-state index contributed by atoms with van der Waals surface area (Å²) in [6, 6.07) is 14.8. The minimum atomic E-state index is -1.02. The molecule has 1 aliphatic rings. The number of para-hydroxylation sites is 1. The zero-order valence-electron chi connectivity index (χ0n) is 24.1. The number of benzene rings is 2. The van der Waals surface area contributed by atoms with Crippen LogP contribution in [0.3, 0.4) is 0 Å². The van der Waals surface area contributed by atoms with Crippen molar-refractivity contribution in [3.05, 3.63) is 84.1 Å². The van der Waals surface area contributed by atoms with E-state index in [2.05, 4.69) is 20.9 Å². The summed E-state index contributed by atoms with van der Waals surface area (Å²) in [4.78, 5) is 54.9. The first-order valence-electron chi connectivity index (χ1n) is 14.4. The molecule has 4 atom stereocenters. The number of aliphatic hydroxyl groups excluding tert-OH is 1. The molecule has 5 N–H and O–H groups in total. The number of carbonyl (C=O) groups is 4. The third-order valence-corrected chi connectivity index (χ3v) is 7.15. The van der Waals surface area contributed by atoms with Crippen molar-refractivity contribution in [1.29, 1.82) is 0 Å². The van der Waals surface area contributed by atoms with Gasteiger partial charge in [0.1, 0.15) is 19.3 Å². The number of carbonyl (C=O) groups excluding carboxylic acids is 4. The Kier molecular flexibility index (Phi) is 11.3. The van der Waals surface area contributed by atoms with Crippen molar-refractivity contribution in [2.45, 2.75) is 57.3 Å². The molecule has 11 nitrogen and oxygen atoms in total. The van der Waals surface area contributed by atoms with Gasteiger partial charge in [-0.25, -0.2) is 9.59 Å². The monoisotopic (exact) mass is 590 g/mol. The van der Waals surface area contributed by atoms with Gasteiger partial charge in [0, 0.05) is 29.6 Å². The van der Waals surface area contributed by atoms with Crippen LogP contribution >= 0.6 is 0 Å². The van der Waals surface area contributed by atoms with Gasteiger partial charge in [-0.15, -0.1) is 0 Å². The standard InChI is InChI=1S/C32H38N4O7/c1-21(18-37)34-29(38)16-23-11-5-7-14-28(36-32(41)43-19-22-9-3-2-4-10-22)31(40)42-20-25(35-30(23)39)15-24-17-33-27-13-8-6-12-26(24)27/h2-10,12-13,17,21,23,25,28,33,37H,11,14-16,18-20H2,1H3,(H,34,38)(H,35,39)(H,36,41)/t21-,23+,25-,28+/m0/s1. The van der Waals surface area contributed by atoms with Gasteiger partial charge in [0.2, 0.25) is 11.8 Å². The van der Waals surface area contributed by atoms with Crippen molar-refractivity contribution in [3.63, 3.8) is 0 Å². The predicted octanol–water partition coefficient (Wildman–Crippen LogP) is 2.89. The third kappa shape index (κ3) is 9.44. The molecule has 0 bridgehead atoms. The number of aromatic nitrogens is 1. The highest BCUT2D eigenvalue weighted by atomic mass is 16.6. The van der Waals surface area contributed by atoms with Crippen LogP contribution in [0.4, 0.5) is 4.79 Å². The smallest absolute Gasteiger partial charge is 0.408 e. The van der Waals surface area contributed by atoms with Crippen LogP contribution in [-0.2, 0) is 36.9 Å². The van der Waals surface area contributed by atoms with Gasteiger partial charge >= 0.3 is 12.1 Å². The number of amides is 3. The van der Waals surface area contributed by atoms with Crippen molar-refractivity contribution in [2.24, 2.45) is 5.92 Å². The van der Waals surface area contributed by atoms with Crippen LogP contribution in [0.25, 0.3) is 10.9 Å². The zero-order valence-corrected chi connectivity index (χ0v) is 24.1. The molecule has 3 aromatic rings. The number of hydrogen-bond donors (Lipinski definition) is 5. The maximum Gasteiger partial charge on any atom is 0.408 e. The quantitative estimate of drug-likeness (QED) is 0.189. The molecule has 0 aliphatic carbocycles. The van der Waals surface area contributed by atoms with E-state index >= 15 is 0 Å². The predicted molar refractivity (Wildman–Crippen MR) is 160 cm³/mol. The molecule has 0 fully saturated rings. The molecule has 4 rings (SSSR count). The summed E-state index contributed by atoms with van der Waals surface area (Å²) < 4.78 is 10.9. The maximum absolute atomic E-state index is 13.4. The molecule has 0 unspecified atom stereocenters. The largest absolute Gasteiger partial charge is 0.462 e. The fraction of sp³-hybridized carbons (Fsp3) is 0.375. The van der Waals surface area contributed by atoms with Crippen LogP contribution < -0.4 is 16.0 Å². The summed E-state index contributed by atoms with van der Waals surface area (Å²) >= 11 is 0. The van der Waals surface area contributed by atoms with Crippen molar-refractivity contribution < 1.29 is 33.8 Å². The first kappa shape index (κ1) is 31.3. The lowest BCUT2D eigenvalue weighted by Gasteiger charge is -2.24. The second-order valence-electron chi connectivity index (χ2n) is 10.7. The van der Waals surface area contributed by atoms with Gasteiger partial charge < -0.3 is 35.5 Å². The Morgan fingerprint density at radius 1 is 1.07 bits per heavy atom. The number of cyclic esters (lactones) is 1. The molecule has 11 heteroatoms. The molecule has 3 amide bonds. The summed E-state index contributed by atoms with van der Waals surface area (Å²) in [6.07, 6.45) is 5.07. The highest BCUT2D eigenvalue weighted by Crippen LogP contribution is 2.20. The second kappa shape index (κ2) is 15.5. The molecule has 0 saturated carbocycles. The van der Waals surface area contributed by atoms with E-state index in [1.54, 1.807) is 19.1 Å². The number of esters is 1. The number of rotatable bonds is 9. The van der Waals surface area contributed by atoms with E-state index in [0.717, 1.165) is 22.0 Å². The van der Waals surface area contributed by atoms with E-state index in [-0.39, 0.29) is 50.9 Å². The molecule has 2 aromatic carbocycles. The number of ether oxygens (including phenoxy) is 2. The molecule has 2 heterocycles. The number of nitrogens with one attached hydrogen (secondary N) is 4. The summed E-state index contributed by atoms with van der Waals surface area (Å²) in [5.41, 5.74) is 2.66. The Morgan fingerprint density at radius 2 is 1.81 bits per heavy atom. The molecule has 0 spiro atoms. The van der Waals surface area contributed by atoms with Gasteiger partial charge in [-0.1, -0.05) is 60.7 Å². The number of alkyl carbamates (subject to hydrolysis) is 1. The Labute approximate surface area is 250 Å². The van der Waals surface area contributed by atoms with Gasteiger partial charge in [-0.05, 0) is 43.4 Å². The number of aliphatic hydroxyl groups is 1. The number of H-pyrrole nitrogens is 1. The number of allylic oxidation sites excluding steroid dienone is 1. The average molecular weight is 591 g/mol. The van der Waals surface area contributed by atoms with Gasteiger partial charge in [-0.3, -0.25) is 9.59 Å². The summed E-state index contributed by atoms with van der Waals surface area (Å²) in [7, 11) is 0. The topological polar surface area (TPSA) is 159 Å². The minimum Gasteiger partial charge on any atom is -0.462 e. The Bertz CT molecular complexity index is 1420. The lowest BCUT2D eigenvalue weighted by atomic mass is 9.97. The second-order valence-corrected chi connectivity index (χ2v) is 10.7. The molecular weight excluding hydrogens is 552 g/mol. The van der Waals surface area contributed by atoms with Crippen LogP contribution in [-0.4, -0.2) is 65.3 Å². The molecule has 0 radical (unpaired) electrons. The average Bonchev–Trinajstić information content (AvgIpc) is 3.41. The van der Waals surface area contributed by atoms with E-state index in [1.807, 2.05) is 60.8 Å². The van der Waals surface area contributed by atoms with E-state index in [0.29, 0.717) is 6.42 Å². The number of aromatic amines is 1. The fourth-order valence-corrected chi connectivity index (χ4v) is 4.82. The van der Waals surface area contributed by atoms with Crippen molar-refractivity contribution in [1.82, 2.24) is 20.9 Å². The molecular formula is C32H38N4O7. The maximum atomic E-state index is 13.4.